The van der Waals surface area contributed by atoms with Crippen LogP contribution in [-0.2, 0) is 0 Å². The van der Waals surface area contributed by atoms with E-state index in [1.807, 2.05) is 18.2 Å². The van der Waals surface area contributed by atoms with Crippen molar-refractivity contribution in [3.8, 4) is 11.5 Å². The van der Waals surface area contributed by atoms with Crippen molar-refractivity contribution < 1.29 is 13.9 Å². The lowest BCUT2D eigenvalue weighted by Crippen LogP contribution is -2.36. The molecule has 34 heavy (non-hydrogen) atoms. The molecule has 2 aromatic carbocycles. The van der Waals surface area contributed by atoms with Crippen molar-refractivity contribution in [1.82, 2.24) is 20.6 Å². The van der Waals surface area contributed by atoms with E-state index in [2.05, 4.69) is 51.9 Å². The number of hydrogen-bond donors (Lipinski definition) is 3. The number of fused-ring (bicyclic) bond motifs is 1. The molecular weight excluding hydrogens is 430 g/mol. The highest BCUT2D eigenvalue weighted by atomic mass is 16.5. The number of ether oxygens (including phenoxy) is 1. The topological polar surface area (TPSA) is 101 Å². The number of nitrogens with one attached hydrogen (secondary N) is 3. The Kier molecular flexibility index (Phi) is 6.14. The SMILES string of the molecule is CC(C)c1ccc(Nc2nc3cc(Oc4ccnc(C(=O)N[C@@H]5CCNC5)c4)ccc3o2)cc1. The van der Waals surface area contributed by atoms with Gasteiger partial charge in [-0.15, -0.1) is 0 Å². The first kappa shape index (κ1) is 21.9. The molecule has 0 spiro atoms. The van der Waals surface area contributed by atoms with Crippen LogP contribution in [0.2, 0.25) is 0 Å². The van der Waals surface area contributed by atoms with E-state index in [9.17, 15) is 4.79 Å². The minimum atomic E-state index is -0.205. The average Bonchev–Trinajstić information content (AvgIpc) is 3.48. The van der Waals surface area contributed by atoms with Gasteiger partial charge < -0.3 is 25.1 Å². The lowest BCUT2D eigenvalue weighted by atomic mass is 10.0. The predicted molar refractivity (Wildman–Crippen MR) is 131 cm³/mol. The summed E-state index contributed by atoms with van der Waals surface area (Å²) in [7, 11) is 0. The summed E-state index contributed by atoms with van der Waals surface area (Å²) in [4.78, 5) is 21.2. The van der Waals surface area contributed by atoms with Crippen LogP contribution in [0.1, 0.15) is 42.2 Å². The maximum absolute atomic E-state index is 12.5. The Morgan fingerprint density at radius 2 is 1.94 bits per heavy atom. The standard InChI is InChI=1S/C26H27N5O3/c1-16(2)17-3-5-18(6-4-17)30-26-31-22-13-20(7-8-24(22)34-26)33-21-10-12-28-23(14-21)25(32)29-19-9-11-27-15-19/h3-8,10,12-14,16,19,27H,9,11,15H2,1-2H3,(H,29,32)(H,30,31)/t19-/m1/s1. The summed E-state index contributed by atoms with van der Waals surface area (Å²) >= 11 is 0. The fourth-order valence-electron chi connectivity index (χ4n) is 3.87. The summed E-state index contributed by atoms with van der Waals surface area (Å²) in [6.45, 7) is 6.02. The summed E-state index contributed by atoms with van der Waals surface area (Å²) in [6.07, 6.45) is 2.48. The second kappa shape index (κ2) is 9.52. The minimum absolute atomic E-state index is 0.129. The second-order valence-corrected chi connectivity index (χ2v) is 8.69. The lowest BCUT2D eigenvalue weighted by Gasteiger charge is -2.11. The molecular formula is C26H27N5O3. The van der Waals surface area contributed by atoms with E-state index in [0.29, 0.717) is 40.2 Å². The van der Waals surface area contributed by atoms with Gasteiger partial charge in [0.15, 0.2) is 5.58 Å². The highest BCUT2D eigenvalue weighted by molar-refractivity contribution is 5.92. The van der Waals surface area contributed by atoms with Crippen LogP contribution in [0.4, 0.5) is 11.7 Å². The van der Waals surface area contributed by atoms with Gasteiger partial charge in [-0.2, -0.15) is 4.98 Å². The Labute approximate surface area is 197 Å². The molecule has 1 saturated heterocycles. The van der Waals surface area contributed by atoms with Gasteiger partial charge in [-0.05, 0) is 54.8 Å². The molecule has 5 rings (SSSR count). The van der Waals surface area contributed by atoms with E-state index in [4.69, 9.17) is 9.15 Å². The molecule has 0 radical (unpaired) electrons. The number of nitrogens with zero attached hydrogens (tertiary/aromatic N) is 2. The molecule has 4 aromatic rings. The molecule has 1 atom stereocenters. The van der Waals surface area contributed by atoms with Gasteiger partial charge in [0.2, 0.25) is 0 Å². The number of carbonyl (C=O) groups is 1. The van der Waals surface area contributed by atoms with Gasteiger partial charge in [0.1, 0.15) is 22.7 Å². The smallest absolute Gasteiger partial charge is 0.300 e. The van der Waals surface area contributed by atoms with Crippen LogP contribution in [0.15, 0.2) is 65.2 Å². The quantitative estimate of drug-likeness (QED) is 0.360. The predicted octanol–water partition coefficient (Wildman–Crippen LogP) is 4.97. The molecule has 1 fully saturated rings. The maximum atomic E-state index is 12.5. The molecule has 1 aliphatic heterocycles. The van der Waals surface area contributed by atoms with Crippen molar-refractivity contribution in [2.24, 2.45) is 0 Å². The van der Waals surface area contributed by atoms with Crippen LogP contribution in [0.5, 0.6) is 11.5 Å². The van der Waals surface area contributed by atoms with Crippen molar-refractivity contribution in [1.29, 1.82) is 0 Å². The zero-order valence-corrected chi connectivity index (χ0v) is 19.2. The Morgan fingerprint density at radius 1 is 1.12 bits per heavy atom. The van der Waals surface area contributed by atoms with Gasteiger partial charge in [0, 0.05) is 36.6 Å². The largest absolute Gasteiger partial charge is 0.457 e. The molecule has 0 bridgehead atoms. The molecule has 1 aliphatic rings. The first-order chi connectivity index (χ1) is 16.5. The molecule has 3 heterocycles. The van der Waals surface area contributed by atoms with E-state index in [-0.39, 0.29) is 11.9 Å². The van der Waals surface area contributed by atoms with E-state index in [1.165, 1.54) is 5.56 Å². The second-order valence-electron chi connectivity index (χ2n) is 8.69. The van der Waals surface area contributed by atoms with E-state index < -0.39 is 0 Å². The monoisotopic (exact) mass is 457 g/mol. The maximum Gasteiger partial charge on any atom is 0.300 e. The van der Waals surface area contributed by atoms with Gasteiger partial charge in [-0.1, -0.05) is 26.0 Å². The number of rotatable bonds is 7. The molecule has 0 aliphatic carbocycles. The number of carbonyl (C=O) groups excluding carboxylic acids is 1. The van der Waals surface area contributed by atoms with Crippen molar-refractivity contribution in [2.45, 2.75) is 32.2 Å². The summed E-state index contributed by atoms with van der Waals surface area (Å²) in [5.41, 5.74) is 3.82. The van der Waals surface area contributed by atoms with Crippen molar-refractivity contribution in [2.75, 3.05) is 18.4 Å². The fourth-order valence-corrected chi connectivity index (χ4v) is 3.87. The van der Waals surface area contributed by atoms with Crippen LogP contribution < -0.4 is 20.7 Å². The van der Waals surface area contributed by atoms with Crippen LogP contribution in [-0.4, -0.2) is 35.0 Å². The van der Waals surface area contributed by atoms with Gasteiger partial charge >= 0.3 is 0 Å². The summed E-state index contributed by atoms with van der Waals surface area (Å²) < 4.78 is 11.8. The van der Waals surface area contributed by atoms with E-state index in [0.717, 1.165) is 25.2 Å². The molecule has 3 N–H and O–H groups in total. The Hall–Kier alpha value is -3.91. The summed E-state index contributed by atoms with van der Waals surface area (Å²) in [6, 6.07) is 17.5. The Balaban J connectivity index is 1.28. The van der Waals surface area contributed by atoms with Gasteiger partial charge in [0.05, 0.1) is 0 Å². The normalized spacial score (nSPS) is 15.6. The van der Waals surface area contributed by atoms with Gasteiger partial charge in [-0.25, -0.2) is 0 Å². The zero-order chi connectivity index (χ0) is 23.5. The first-order valence-electron chi connectivity index (χ1n) is 11.5. The summed E-state index contributed by atoms with van der Waals surface area (Å²) in [5.74, 6) is 1.39. The third kappa shape index (κ3) is 5.02. The molecule has 1 amide bonds. The molecule has 2 aromatic heterocycles. The molecule has 0 unspecified atom stereocenters. The Bertz CT molecular complexity index is 1290. The summed E-state index contributed by atoms with van der Waals surface area (Å²) in [5, 5.41) is 9.43. The first-order valence-corrected chi connectivity index (χ1v) is 11.5. The third-order valence-electron chi connectivity index (χ3n) is 5.78. The van der Waals surface area contributed by atoms with Gasteiger partial charge in [-0.3, -0.25) is 9.78 Å². The zero-order valence-electron chi connectivity index (χ0n) is 19.2. The van der Waals surface area contributed by atoms with Crippen molar-refractivity contribution >= 4 is 28.7 Å². The number of benzene rings is 2. The molecule has 174 valence electrons. The fraction of sp³-hybridized carbons (Fsp3) is 0.269. The number of pyridine rings is 1. The minimum Gasteiger partial charge on any atom is -0.457 e. The number of amides is 1. The highest BCUT2D eigenvalue weighted by Gasteiger charge is 2.18. The van der Waals surface area contributed by atoms with Crippen LogP contribution in [0.25, 0.3) is 11.1 Å². The van der Waals surface area contributed by atoms with Crippen LogP contribution in [0, 0.1) is 0 Å². The third-order valence-corrected chi connectivity index (χ3v) is 5.78. The highest BCUT2D eigenvalue weighted by Crippen LogP contribution is 2.29. The Morgan fingerprint density at radius 3 is 2.71 bits per heavy atom. The van der Waals surface area contributed by atoms with Crippen molar-refractivity contribution in [3.63, 3.8) is 0 Å². The number of anilines is 2. The number of hydrogen-bond acceptors (Lipinski definition) is 7. The van der Waals surface area contributed by atoms with E-state index >= 15 is 0 Å². The van der Waals surface area contributed by atoms with Crippen LogP contribution >= 0.6 is 0 Å². The van der Waals surface area contributed by atoms with Gasteiger partial charge in [0.25, 0.3) is 11.9 Å². The molecule has 0 saturated carbocycles. The molecule has 8 nitrogen and oxygen atoms in total. The average molecular weight is 458 g/mol. The molecule has 8 heteroatoms. The number of aromatic nitrogens is 2. The lowest BCUT2D eigenvalue weighted by molar-refractivity contribution is 0.0934. The number of oxazole rings is 1. The van der Waals surface area contributed by atoms with E-state index in [1.54, 1.807) is 30.5 Å². The van der Waals surface area contributed by atoms with Crippen LogP contribution in [0.3, 0.4) is 0 Å². The van der Waals surface area contributed by atoms with Crippen molar-refractivity contribution in [3.05, 3.63) is 72.1 Å².